The number of fused-ring (bicyclic) bond motifs is 2. The molecule has 2 bridgehead atoms. The fourth-order valence-electron chi connectivity index (χ4n) is 2.49. The van der Waals surface area contributed by atoms with Crippen molar-refractivity contribution in [2.75, 3.05) is 20.3 Å². The molecule has 2 heterocycles. The zero-order valence-electron chi connectivity index (χ0n) is 13.1. The Balaban J connectivity index is 0.00000288. The Bertz CT molecular complexity index is 614. The van der Waals surface area contributed by atoms with Crippen LogP contribution in [0.15, 0.2) is 0 Å². The zero-order valence-corrected chi connectivity index (χ0v) is 15.9. The SMILES string of the molecule is COCC(=O)NNC(=O)[C@@H]1CC[C@@H]2CN1C(=O)N2OS(=O)(=O)O.[Na]. The molecule has 24 heavy (non-hydrogen) atoms. The third-order valence-corrected chi connectivity index (χ3v) is 3.75. The molecule has 2 rings (SSSR count). The van der Waals surface area contributed by atoms with Gasteiger partial charge >= 0.3 is 16.4 Å². The van der Waals surface area contributed by atoms with Crippen LogP contribution in [-0.2, 0) is 29.0 Å². The van der Waals surface area contributed by atoms with Gasteiger partial charge in [-0.3, -0.25) is 25.0 Å². The van der Waals surface area contributed by atoms with E-state index in [2.05, 4.69) is 19.9 Å². The summed E-state index contributed by atoms with van der Waals surface area (Å²) < 4.78 is 39.0. The van der Waals surface area contributed by atoms with Gasteiger partial charge in [-0.15, -0.1) is 4.28 Å². The van der Waals surface area contributed by atoms with Gasteiger partial charge in [0, 0.05) is 43.2 Å². The second-order valence-corrected chi connectivity index (χ2v) is 5.98. The maximum atomic E-state index is 12.1. The van der Waals surface area contributed by atoms with E-state index in [4.69, 9.17) is 4.55 Å². The Kier molecular flexibility index (Phi) is 7.40. The minimum absolute atomic E-state index is 0. The van der Waals surface area contributed by atoms with Crippen molar-refractivity contribution in [2.24, 2.45) is 0 Å². The van der Waals surface area contributed by atoms with Gasteiger partial charge in [0.25, 0.3) is 11.8 Å². The van der Waals surface area contributed by atoms with Crippen molar-refractivity contribution in [1.82, 2.24) is 20.8 Å². The molecule has 3 N–H and O–H groups in total. The van der Waals surface area contributed by atoms with E-state index in [1.165, 1.54) is 7.11 Å². The largest absolute Gasteiger partial charge is 0.418 e. The minimum Gasteiger partial charge on any atom is -0.375 e. The van der Waals surface area contributed by atoms with E-state index in [1.54, 1.807) is 0 Å². The molecule has 0 aromatic carbocycles. The Morgan fingerprint density at radius 3 is 2.58 bits per heavy atom. The number of carbonyl (C=O) groups is 3. The number of hydrogen-bond donors (Lipinski definition) is 3. The molecule has 1 radical (unpaired) electrons. The fourth-order valence-corrected chi connectivity index (χ4v) is 2.87. The summed E-state index contributed by atoms with van der Waals surface area (Å²) in [7, 11) is -3.52. The van der Waals surface area contributed by atoms with Crippen LogP contribution in [0.2, 0.25) is 0 Å². The molecular formula is C10H16N4NaO8S. The van der Waals surface area contributed by atoms with Gasteiger partial charge in [-0.25, -0.2) is 4.79 Å². The maximum Gasteiger partial charge on any atom is 0.418 e. The van der Waals surface area contributed by atoms with Crippen LogP contribution >= 0.6 is 0 Å². The topological polar surface area (TPSA) is 155 Å². The molecule has 0 aromatic heterocycles. The molecule has 4 amide bonds. The first-order chi connectivity index (χ1) is 10.7. The van der Waals surface area contributed by atoms with Crippen LogP contribution in [0.25, 0.3) is 0 Å². The zero-order chi connectivity index (χ0) is 17.2. The number of nitrogens with zero attached hydrogens (tertiary/aromatic N) is 2. The molecule has 2 saturated heterocycles. The summed E-state index contributed by atoms with van der Waals surface area (Å²) in [5.41, 5.74) is 4.29. The van der Waals surface area contributed by atoms with Gasteiger partial charge in [-0.05, 0) is 12.8 Å². The normalized spacial score (nSPS) is 22.8. The van der Waals surface area contributed by atoms with Crippen molar-refractivity contribution in [2.45, 2.75) is 24.9 Å². The fraction of sp³-hybridized carbons (Fsp3) is 0.700. The Morgan fingerprint density at radius 1 is 1.33 bits per heavy atom. The molecule has 2 aliphatic rings. The third kappa shape index (κ3) is 5.02. The molecule has 0 saturated carbocycles. The van der Waals surface area contributed by atoms with Crippen molar-refractivity contribution in [3.8, 4) is 0 Å². The molecule has 0 spiro atoms. The van der Waals surface area contributed by atoms with Crippen LogP contribution in [0, 0.1) is 0 Å². The monoisotopic (exact) mass is 375 g/mol. The minimum atomic E-state index is -4.84. The summed E-state index contributed by atoms with van der Waals surface area (Å²) in [6.45, 7) is -0.176. The van der Waals surface area contributed by atoms with Crippen molar-refractivity contribution in [3.63, 3.8) is 0 Å². The second-order valence-electron chi connectivity index (χ2n) is 4.98. The maximum absolute atomic E-state index is 12.1. The number of nitrogens with one attached hydrogen (secondary N) is 2. The van der Waals surface area contributed by atoms with Gasteiger partial charge in [0.05, 0.1) is 6.04 Å². The number of ether oxygens (including phenoxy) is 1. The number of hydrogen-bond acceptors (Lipinski definition) is 7. The predicted molar refractivity (Wildman–Crippen MR) is 77.3 cm³/mol. The van der Waals surface area contributed by atoms with Crippen LogP contribution < -0.4 is 10.9 Å². The second kappa shape index (κ2) is 8.42. The van der Waals surface area contributed by atoms with Gasteiger partial charge < -0.3 is 9.64 Å². The molecule has 2 aliphatic heterocycles. The van der Waals surface area contributed by atoms with Gasteiger partial charge in [0.1, 0.15) is 12.6 Å². The van der Waals surface area contributed by atoms with E-state index < -0.39 is 40.3 Å². The predicted octanol–water partition coefficient (Wildman–Crippen LogP) is -2.60. The standard InChI is InChI=1S/C10H16N4O8S.Na/c1-21-5-8(15)11-12-9(16)7-3-2-6-4-13(7)10(17)14(6)22-23(18,19)20;/h6-7H,2-5H2,1H3,(H,11,15)(H,12,16)(H,18,19,20);/t6-,7+;/m1./s1. The molecule has 2 atom stereocenters. The van der Waals surface area contributed by atoms with Crippen molar-refractivity contribution >= 4 is 57.8 Å². The Morgan fingerprint density at radius 2 is 2.00 bits per heavy atom. The number of hydrazine groups is 1. The van der Waals surface area contributed by atoms with Crippen LogP contribution in [0.5, 0.6) is 0 Å². The number of amides is 4. The summed E-state index contributed by atoms with van der Waals surface area (Å²) in [5, 5.41) is 0.534. The number of hydroxylamine groups is 2. The van der Waals surface area contributed by atoms with Crippen molar-refractivity contribution in [3.05, 3.63) is 0 Å². The van der Waals surface area contributed by atoms with E-state index in [0.717, 1.165) is 4.90 Å². The van der Waals surface area contributed by atoms with Gasteiger partial charge in [-0.2, -0.15) is 13.5 Å². The molecular weight excluding hydrogens is 359 g/mol. The average Bonchev–Trinajstić information content (AvgIpc) is 2.69. The van der Waals surface area contributed by atoms with E-state index in [0.29, 0.717) is 11.5 Å². The Hall–Kier alpha value is -0.960. The molecule has 131 valence electrons. The summed E-state index contributed by atoms with van der Waals surface area (Å²) in [4.78, 5) is 36.4. The Labute approximate surface area is 160 Å². The molecule has 12 nitrogen and oxygen atoms in total. The molecule has 0 aliphatic carbocycles. The first-order valence-corrected chi connectivity index (χ1v) is 7.94. The summed E-state index contributed by atoms with van der Waals surface area (Å²) in [6, 6.07) is -2.33. The first-order valence-electron chi connectivity index (χ1n) is 6.57. The average molecular weight is 375 g/mol. The number of urea groups is 1. The van der Waals surface area contributed by atoms with Crippen molar-refractivity contribution < 1.29 is 36.4 Å². The number of carbonyl (C=O) groups excluding carboxylic acids is 3. The smallest absolute Gasteiger partial charge is 0.375 e. The van der Waals surface area contributed by atoms with Crippen LogP contribution in [0.4, 0.5) is 4.79 Å². The number of piperidine rings is 1. The van der Waals surface area contributed by atoms with E-state index in [1.807, 2.05) is 0 Å². The molecule has 14 heteroatoms. The van der Waals surface area contributed by atoms with E-state index in [-0.39, 0.29) is 49.1 Å². The van der Waals surface area contributed by atoms with E-state index in [9.17, 15) is 22.8 Å². The van der Waals surface area contributed by atoms with Crippen molar-refractivity contribution in [1.29, 1.82) is 0 Å². The van der Waals surface area contributed by atoms with Gasteiger partial charge in [-0.1, -0.05) is 0 Å². The van der Waals surface area contributed by atoms with Crippen LogP contribution in [0.3, 0.4) is 0 Å². The van der Waals surface area contributed by atoms with E-state index >= 15 is 0 Å². The summed E-state index contributed by atoms with van der Waals surface area (Å²) in [5.74, 6) is -1.20. The molecule has 0 unspecified atom stereocenters. The van der Waals surface area contributed by atoms with Gasteiger partial charge in [0.2, 0.25) is 0 Å². The van der Waals surface area contributed by atoms with Crippen LogP contribution in [0.1, 0.15) is 12.8 Å². The third-order valence-electron chi connectivity index (χ3n) is 3.40. The number of methoxy groups -OCH3 is 1. The molecule has 0 aromatic rings. The van der Waals surface area contributed by atoms with Crippen LogP contribution in [-0.4, -0.2) is 103 Å². The first kappa shape index (κ1) is 21.1. The summed E-state index contributed by atoms with van der Waals surface area (Å²) in [6.07, 6.45) is 0.537. The quantitative estimate of drug-likeness (QED) is 0.268. The molecule has 2 fully saturated rings. The summed E-state index contributed by atoms with van der Waals surface area (Å²) >= 11 is 0. The van der Waals surface area contributed by atoms with Gasteiger partial charge in [0.15, 0.2) is 0 Å². The number of rotatable bonds is 5.